The predicted octanol–water partition coefficient (Wildman–Crippen LogP) is 2.69. The van der Waals surface area contributed by atoms with Gasteiger partial charge in [-0.2, -0.15) is 0 Å². The Hall–Kier alpha value is -1.01. The summed E-state index contributed by atoms with van der Waals surface area (Å²) in [6, 6.07) is 5.63. The zero-order chi connectivity index (χ0) is 17.0. The number of carbonyl (C=O) groups is 1. The first kappa shape index (κ1) is 20.3. The molecule has 0 aromatic heterocycles. The first-order valence-corrected chi connectivity index (χ1v) is 8.95. The summed E-state index contributed by atoms with van der Waals surface area (Å²) in [5.41, 5.74) is 0.850. The second-order valence-electron chi connectivity index (χ2n) is 6.60. The van der Waals surface area contributed by atoms with Crippen LogP contribution in [-0.2, 0) is 14.9 Å². The third kappa shape index (κ3) is 4.59. The number of methoxy groups -OCH3 is 1. The van der Waals surface area contributed by atoms with Crippen LogP contribution in [-0.4, -0.2) is 45.4 Å². The number of amides is 1. The Balaban J connectivity index is 0.00000225. The van der Waals surface area contributed by atoms with E-state index in [4.69, 9.17) is 21.1 Å². The van der Waals surface area contributed by atoms with Crippen LogP contribution in [0.2, 0.25) is 5.02 Å². The second-order valence-corrected chi connectivity index (χ2v) is 7.04. The van der Waals surface area contributed by atoms with Crippen molar-refractivity contribution in [1.82, 2.24) is 10.6 Å². The molecule has 0 aliphatic carbocycles. The van der Waals surface area contributed by atoms with Crippen molar-refractivity contribution in [1.29, 1.82) is 0 Å². The quantitative estimate of drug-likeness (QED) is 0.813. The summed E-state index contributed by atoms with van der Waals surface area (Å²) in [6.45, 7) is 2.84. The minimum atomic E-state index is -0.206. The molecule has 2 fully saturated rings. The maximum atomic E-state index is 12.4. The van der Waals surface area contributed by atoms with Gasteiger partial charge in [-0.25, -0.2) is 0 Å². The van der Waals surface area contributed by atoms with Gasteiger partial charge < -0.3 is 20.1 Å². The van der Waals surface area contributed by atoms with E-state index in [1.165, 1.54) is 0 Å². The molecule has 1 unspecified atom stereocenters. The van der Waals surface area contributed by atoms with Crippen molar-refractivity contribution in [3.05, 3.63) is 28.8 Å². The Morgan fingerprint density at radius 3 is 2.84 bits per heavy atom. The van der Waals surface area contributed by atoms with Crippen LogP contribution in [0.5, 0.6) is 5.75 Å². The highest BCUT2D eigenvalue weighted by atomic mass is 35.5. The Labute approximate surface area is 160 Å². The van der Waals surface area contributed by atoms with Crippen molar-refractivity contribution >= 4 is 29.9 Å². The van der Waals surface area contributed by atoms with Crippen LogP contribution in [0.4, 0.5) is 0 Å². The van der Waals surface area contributed by atoms with Gasteiger partial charge in [-0.15, -0.1) is 12.4 Å². The summed E-state index contributed by atoms with van der Waals surface area (Å²) < 4.78 is 11.1. The largest absolute Gasteiger partial charge is 0.496 e. The molecule has 2 heterocycles. The number of halogens is 2. The molecule has 1 aromatic carbocycles. The van der Waals surface area contributed by atoms with E-state index in [1.807, 2.05) is 18.2 Å². The van der Waals surface area contributed by atoms with Crippen LogP contribution in [0.25, 0.3) is 0 Å². The molecule has 2 aliphatic heterocycles. The molecule has 3 rings (SSSR count). The van der Waals surface area contributed by atoms with E-state index in [0.29, 0.717) is 24.8 Å². The lowest BCUT2D eigenvalue weighted by molar-refractivity contribution is -0.123. The monoisotopic (exact) mass is 388 g/mol. The molecule has 1 amide bonds. The maximum absolute atomic E-state index is 12.4. The van der Waals surface area contributed by atoms with Gasteiger partial charge in [0.2, 0.25) is 5.91 Å². The lowest BCUT2D eigenvalue weighted by Crippen LogP contribution is -2.48. The van der Waals surface area contributed by atoms with E-state index in [1.54, 1.807) is 7.11 Å². The molecule has 140 valence electrons. The van der Waals surface area contributed by atoms with Crippen molar-refractivity contribution in [3.8, 4) is 5.75 Å². The number of hydrogen-bond donors (Lipinski definition) is 2. The zero-order valence-electron chi connectivity index (χ0n) is 14.5. The molecule has 0 radical (unpaired) electrons. The molecular weight excluding hydrogens is 363 g/mol. The van der Waals surface area contributed by atoms with Gasteiger partial charge in [-0.3, -0.25) is 4.79 Å². The molecule has 1 aromatic rings. The van der Waals surface area contributed by atoms with Crippen molar-refractivity contribution in [2.45, 2.75) is 37.1 Å². The fourth-order valence-electron chi connectivity index (χ4n) is 3.69. The molecule has 2 aliphatic rings. The van der Waals surface area contributed by atoms with Crippen molar-refractivity contribution in [3.63, 3.8) is 0 Å². The average Bonchev–Trinajstić information content (AvgIpc) is 3.15. The van der Waals surface area contributed by atoms with E-state index < -0.39 is 0 Å². The van der Waals surface area contributed by atoms with E-state index in [0.717, 1.165) is 43.5 Å². The summed E-state index contributed by atoms with van der Waals surface area (Å²) in [4.78, 5) is 12.4. The summed E-state index contributed by atoms with van der Waals surface area (Å²) in [7, 11) is 1.67. The van der Waals surface area contributed by atoms with Gasteiger partial charge in [-0.1, -0.05) is 11.6 Å². The summed E-state index contributed by atoms with van der Waals surface area (Å²) in [5.74, 6) is 0.897. The first-order valence-electron chi connectivity index (χ1n) is 8.57. The minimum absolute atomic E-state index is 0. The third-order valence-corrected chi connectivity index (χ3v) is 5.40. The van der Waals surface area contributed by atoms with Crippen LogP contribution in [0.1, 0.15) is 31.2 Å². The Bertz CT molecular complexity index is 586. The number of carbonyl (C=O) groups excluding carboxylic acids is 1. The molecule has 2 saturated heterocycles. The molecule has 0 saturated carbocycles. The Kier molecular flexibility index (Phi) is 7.37. The van der Waals surface area contributed by atoms with Crippen LogP contribution in [0.15, 0.2) is 18.2 Å². The van der Waals surface area contributed by atoms with E-state index in [-0.39, 0.29) is 29.8 Å². The standard InChI is InChI=1S/C18H25ClN2O3.ClH/c1-23-16-5-4-13(19)11-14(16)18(6-9-24-10-7-18)12-21-17(22)15-3-2-8-20-15;/h4-5,11,15,20H,2-3,6-10,12H2,1H3,(H,21,22);1H. The maximum Gasteiger partial charge on any atom is 0.237 e. The highest BCUT2D eigenvalue weighted by Crippen LogP contribution is 2.40. The molecule has 2 N–H and O–H groups in total. The SMILES string of the molecule is COc1ccc(Cl)cc1C1(CNC(=O)C2CCCN2)CCOCC1.Cl. The lowest BCUT2D eigenvalue weighted by atomic mass is 9.73. The second kappa shape index (κ2) is 9.08. The van der Waals surface area contributed by atoms with Gasteiger partial charge in [0.1, 0.15) is 5.75 Å². The van der Waals surface area contributed by atoms with Gasteiger partial charge in [0.05, 0.1) is 13.2 Å². The van der Waals surface area contributed by atoms with Gasteiger partial charge in [0.25, 0.3) is 0 Å². The number of benzene rings is 1. The topological polar surface area (TPSA) is 59.6 Å². The average molecular weight is 389 g/mol. The molecule has 25 heavy (non-hydrogen) atoms. The first-order chi connectivity index (χ1) is 11.6. The normalized spacial score (nSPS) is 22.1. The summed E-state index contributed by atoms with van der Waals surface area (Å²) >= 11 is 6.24. The molecule has 0 bridgehead atoms. The van der Waals surface area contributed by atoms with Crippen molar-refractivity contribution in [2.75, 3.05) is 33.4 Å². The van der Waals surface area contributed by atoms with Crippen LogP contribution < -0.4 is 15.4 Å². The highest BCUT2D eigenvalue weighted by Gasteiger charge is 2.38. The lowest BCUT2D eigenvalue weighted by Gasteiger charge is -2.39. The number of nitrogens with one attached hydrogen (secondary N) is 2. The fourth-order valence-corrected chi connectivity index (χ4v) is 3.86. The number of rotatable bonds is 5. The molecule has 7 heteroatoms. The van der Waals surface area contributed by atoms with Crippen LogP contribution in [0, 0.1) is 0 Å². The van der Waals surface area contributed by atoms with E-state index in [2.05, 4.69) is 10.6 Å². The zero-order valence-corrected chi connectivity index (χ0v) is 16.0. The van der Waals surface area contributed by atoms with E-state index in [9.17, 15) is 4.79 Å². The fraction of sp³-hybridized carbons (Fsp3) is 0.611. The smallest absolute Gasteiger partial charge is 0.237 e. The molecule has 5 nitrogen and oxygen atoms in total. The molecule has 0 spiro atoms. The van der Waals surface area contributed by atoms with Crippen molar-refractivity contribution in [2.24, 2.45) is 0 Å². The third-order valence-electron chi connectivity index (χ3n) is 5.16. The van der Waals surface area contributed by atoms with E-state index >= 15 is 0 Å². The summed E-state index contributed by atoms with van der Waals surface area (Å²) in [5, 5.41) is 7.08. The summed E-state index contributed by atoms with van der Waals surface area (Å²) in [6.07, 6.45) is 3.63. The Morgan fingerprint density at radius 2 is 2.20 bits per heavy atom. The molecular formula is C18H26Cl2N2O3. The number of ether oxygens (including phenoxy) is 2. The van der Waals surface area contributed by atoms with Crippen LogP contribution >= 0.6 is 24.0 Å². The predicted molar refractivity (Wildman–Crippen MR) is 101 cm³/mol. The van der Waals surface area contributed by atoms with Crippen LogP contribution in [0.3, 0.4) is 0 Å². The molecule has 1 atom stereocenters. The van der Waals surface area contributed by atoms with Gasteiger partial charge in [0, 0.05) is 35.8 Å². The van der Waals surface area contributed by atoms with Gasteiger partial charge in [-0.05, 0) is 50.4 Å². The van der Waals surface area contributed by atoms with Crippen molar-refractivity contribution < 1.29 is 14.3 Å². The number of hydrogen-bond acceptors (Lipinski definition) is 4. The van der Waals surface area contributed by atoms with Gasteiger partial charge >= 0.3 is 0 Å². The van der Waals surface area contributed by atoms with Gasteiger partial charge in [0.15, 0.2) is 0 Å². The Morgan fingerprint density at radius 1 is 1.44 bits per heavy atom. The highest BCUT2D eigenvalue weighted by molar-refractivity contribution is 6.30. The minimum Gasteiger partial charge on any atom is -0.496 e.